The molecule has 2 aromatic rings. The fraction of sp³-hybridized carbons (Fsp3) is 0.214. The van der Waals surface area contributed by atoms with Gasteiger partial charge in [0.25, 0.3) is 11.6 Å². The topological polar surface area (TPSA) is 111 Å². The first kappa shape index (κ1) is 17.8. The number of aryl methyl sites for hydroxylation is 1. The number of non-ortho nitro benzene ring substituents is 1. The van der Waals surface area contributed by atoms with Crippen molar-refractivity contribution in [2.45, 2.75) is 13.8 Å². The number of carbonyl (C=O) groups excluding carboxylic acids is 2. The zero-order valence-corrected chi connectivity index (χ0v) is 14.2. The molecular formula is C14H12ClN3O5S. The Morgan fingerprint density at radius 2 is 2.17 bits per heavy atom. The monoisotopic (exact) mass is 369 g/mol. The first-order valence-corrected chi connectivity index (χ1v) is 7.92. The summed E-state index contributed by atoms with van der Waals surface area (Å²) in [4.78, 5) is 38.5. The zero-order valence-electron chi connectivity index (χ0n) is 12.7. The number of thiazole rings is 1. The Hall–Kier alpha value is -2.52. The van der Waals surface area contributed by atoms with Gasteiger partial charge in [-0.1, -0.05) is 22.9 Å². The van der Waals surface area contributed by atoms with Crippen LogP contribution in [0.1, 0.15) is 32.6 Å². The Kier molecular flexibility index (Phi) is 5.47. The predicted octanol–water partition coefficient (Wildman–Crippen LogP) is 3.44. The second-order valence-electron chi connectivity index (χ2n) is 4.53. The highest BCUT2D eigenvalue weighted by molar-refractivity contribution is 7.17. The van der Waals surface area contributed by atoms with Gasteiger partial charge < -0.3 is 4.74 Å². The first-order chi connectivity index (χ1) is 11.3. The molecule has 10 heteroatoms. The molecule has 0 radical (unpaired) electrons. The second-order valence-corrected chi connectivity index (χ2v) is 5.94. The van der Waals surface area contributed by atoms with Crippen LogP contribution in [0.2, 0.25) is 5.02 Å². The van der Waals surface area contributed by atoms with Gasteiger partial charge in [0.05, 0.1) is 27.8 Å². The predicted molar refractivity (Wildman–Crippen MR) is 88.9 cm³/mol. The first-order valence-electron chi connectivity index (χ1n) is 6.73. The molecule has 0 aliphatic rings. The van der Waals surface area contributed by atoms with Crippen LogP contribution in [0.15, 0.2) is 18.2 Å². The highest BCUT2D eigenvalue weighted by atomic mass is 35.5. The van der Waals surface area contributed by atoms with E-state index in [1.807, 2.05) is 0 Å². The van der Waals surface area contributed by atoms with E-state index in [1.54, 1.807) is 13.8 Å². The van der Waals surface area contributed by atoms with E-state index >= 15 is 0 Å². The van der Waals surface area contributed by atoms with E-state index in [9.17, 15) is 19.7 Å². The molecule has 8 nitrogen and oxygen atoms in total. The number of hydrogen-bond acceptors (Lipinski definition) is 7. The van der Waals surface area contributed by atoms with Gasteiger partial charge in [0.1, 0.15) is 4.88 Å². The summed E-state index contributed by atoms with van der Waals surface area (Å²) >= 11 is 6.87. The molecule has 1 amide bonds. The molecule has 126 valence electrons. The molecule has 0 atom stereocenters. The van der Waals surface area contributed by atoms with Gasteiger partial charge in [-0.2, -0.15) is 0 Å². The molecule has 24 heavy (non-hydrogen) atoms. The van der Waals surface area contributed by atoms with Gasteiger partial charge in [-0.05, 0) is 19.9 Å². The number of benzene rings is 1. The quantitative estimate of drug-likeness (QED) is 0.491. The molecule has 0 spiro atoms. The van der Waals surface area contributed by atoms with Crippen molar-refractivity contribution in [1.82, 2.24) is 4.98 Å². The minimum Gasteiger partial charge on any atom is -0.462 e. The molecule has 0 fully saturated rings. The highest BCUT2D eigenvalue weighted by Crippen LogP contribution is 2.26. The molecule has 0 saturated heterocycles. The number of rotatable bonds is 5. The lowest BCUT2D eigenvalue weighted by molar-refractivity contribution is -0.384. The van der Waals surface area contributed by atoms with Gasteiger partial charge in [0.15, 0.2) is 5.13 Å². The average molecular weight is 370 g/mol. The molecule has 0 aliphatic heterocycles. The van der Waals surface area contributed by atoms with Crippen LogP contribution in [-0.4, -0.2) is 28.4 Å². The van der Waals surface area contributed by atoms with Gasteiger partial charge in [-0.3, -0.25) is 20.2 Å². The minimum absolute atomic E-state index is 0.0589. The van der Waals surface area contributed by atoms with E-state index in [0.29, 0.717) is 5.69 Å². The smallest absolute Gasteiger partial charge is 0.350 e. The lowest BCUT2D eigenvalue weighted by atomic mass is 10.2. The summed E-state index contributed by atoms with van der Waals surface area (Å²) in [7, 11) is 0. The Morgan fingerprint density at radius 1 is 1.46 bits per heavy atom. The van der Waals surface area contributed by atoms with Crippen LogP contribution >= 0.6 is 22.9 Å². The van der Waals surface area contributed by atoms with Crippen LogP contribution in [0.5, 0.6) is 0 Å². The van der Waals surface area contributed by atoms with Crippen molar-refractivity contribution in [1.29, 1.82) is 0 Å². The van der Waals surface area contributed by atoms with Gasteiger partial charge in [-0.15, -0.1) is 0 Å². The molecule has 0 bridgehead atoms. The summed E-state index contributed by atoms with van der Waals surface area (Å²) in [5, 5.41) is 13.5. The Bertz CT molecular complexity index is 821. The molecule has 0 saturated carbocycles. The van der Waals surface area contributed by atoms with Crippen LogP contribution in [0.4, 0.5) is 10.8 Å². The van der Waals surface area contributed by atoms with Gasteiger partial charge in [-0.25, -0.2) is 9.78 Å². The highest BCUT2D eigenvalue weighted by Gasteiger charge is 2.20. The van der Waals surface area contributed by atoms with E-state index in [0.717, 1.165) is 17.4 Å². The Morgan fingerprint density at radius 3 is 2.79 bits per heavy atom. The summed E-state index contributed by atoms with van der Waals surface area (Å²) in [6, 6.07) is 3.54. The summed E-state index contributed by atoms with van der Waals surface area (Å²) in [6.07, 6.45) is 0. The number of halogens is 1. The number of nitrogens with zero attached hydrogens (tertiary/aromatic N) is 2. The average Bonchev–Trinajstić information content (AvgIpc) is 2.88. The molecule has 1 aromatic carbocycles. The Labute approximate surface area is 145 Å². The van der Waals surface area contributed by atoms with Crippen molar-refractivity contribution in [3.8, 4) is 0 Å². The molecule has 0 aliphatic carbocycles. The minimum atomic E-state index is -0.659. The van der Waals surface area contributed by atoms with Crippen molar-refractivity contribution in [3.05, 3.63) is 49.5 Å². The van der Waals surface area contributed by atoms with E-state index in [2.05, 4.69) is 10.3 Å². The molecule has 1 heterocycles. The van der Waals surface area contributed by atoms with Gasteiger partial charge in [0.2, 0.25) is 0 Å². The fourth-order valence-corrected chi connectivity index (χ4v) is 2.86. The SMILES string of the molecule is CCOC(=O)c1sc(NC(=O)c2cc([N+](=O)[O-])ccc2Cl)nc1C. The van der Waals surface area contributed by atoms with Crippen molar-refractivity contribution < 1.29 is 19.2 Å². The van der Waals surface area contributed by atoms with Crippen molar-refractivity contribution in [2.24, 2.45) is 0 Å². The largest absolute Gasteiger partial charge is 0.462 e. The summed E-state index contributed by atoms with van der Waals surface area (Å²) in [6.45, 7) is 3.52. The summed E-state index contributed by atoms with van der Waals surface area (Å²) < 4.78 is 4.90. The van der Waals surface area contributed by atoms with Gasteiger partial charge >= 0.3 is 5.97 Å². The lowest BCUT2D eigenvalue weighted by Gasteiger charge is -2.04. The lowest BCUT2D eigenvalue weighted by Crippen LogP contribution is -2.12. The fourth-order valence-electron chi connectivity index (χ4n) is 1.80. The van der Waals surface area contributed by atoms with Gasteiger partial charge in [0, 0.05) is 12.1 Å². The second kappa shape index (κ2) is 7.37. The third-order valence-electron chi connectivity index (χ3n) is 2.88. The third kappa shape index (κ3) is 3.87. The van der Waals surface area contributed by atoms with Crippen molar-refractivity contribution >= 4 is 45.6 Å². The maximum atomic E-state index is 12.3. The maximum absolute atomic E-state index is 12.3. The van der Waals surface area contributed by atoms with Crippen LogP contribution < -0.4 is 5.32 Å². The number of hydrogen-bond donors (Lipinski definition) is 1. The van der Waals surface area contributed by atoms with Crippen LogP contribution in [0.25, 0.3) is 0 Å². The zero-order chi connectivity index (χ0) is 17.9. The van der Waals surface area contributed by atoms with E-state index in [4.69, 9.17) is 16.3 Å². The van der Waals surface area contributed by atoms with E-state index < -0.39 is 16.8 Å². The van der Waals surface area contributed by atoms with Crippen LogP contribution in [0.3, 0.4) is 0 Å². The molecule has 2 rings (SSSR count). The summed E-state index contributed by atoms with van der Waals surface area (Å²) in [5.41, 5.74) is 0.0994. The number of esters is 1. The number of nitro groups is 1. The number of carbonyl (C=O) groups is 2. The number of anilines is 1. The third-order valence-corrected chi connectivity index (χ3v) is 4.27. The molecular weight excluding hydrogens is 358 g/mol. The van der Waals surface area contributed by atoms with Crippen LogP contribution in [0, 0.1) is 17.0 Å². The number of ether oxygens (including phenoxy) is 1. The van der Waals surface area contributed by atoms with E-state index in [-0.39, 0.29) is 32.9 Å². The van der Waals surface area contributed by atoms with Crippen LogP contribution in [-0.2, 0) is 4.74 Å². The summed E-state index contributed by atoms with van der Waals surface area (Å²) in [5.74, 6) is -1.19. The Balaban J connectivity index is 2.24. The standard InChI is InChI=1S/C14H12ClN3O5S/c1-3-23-13(20)11-7(2)16-14(24-11)17-12(19)9-6-8(18(21)22)4-5-10(9)15/h4-6H,3H2,1-2H3,(H,16,17,19). The normalized spacial score (nSPS) is 10.3. The number of nitro benzene ring substituents is 1. The van der Waals surface area contributed by atoms with Crippen molar-refractivity contribution in [2.75, 3.05) is 11.9 Å². The number of amides is 1. The number of nitrogens with one attached hydrogen (secondary N) is 1. The maximum Gasteiger partial charge on any atom is 0.350 e. The molecule has 1 aromatic heterocycles. The molecule has 0 unspecified atom stereocenters. The van der Waals surface area contributed by atoms with E-state index in [1.165, 1.54) is 12.1 Å². The number of aromatic nitrogens is 1. The molecule has 1 N–H and O–H groups in total. The van der Waals surface area contributed by atoms with Crippen molar-refractivity contribution in [3.63, 3.8) is 0 Å².